The van der Waals surface area contributed by atoms with Crippen molar-refractivity contribution in [3.63, 3.8) is 0 Å². The topological polar surface area (TPSA) is 53.1 Å². The number of hydrogen-bond acceptors (Lipinski definition) is 1. The molecule has 1 aromatic carbocycles. The van der Waals surface area contributed by atoms with Gasteiger partial charge in [0.15, 0.2) is 0 Å². The first-order chi connectivity index (χ1) is 8.16. The first-order valence-corrected chi connectivity index (χ1v) is 5.93. The van der Waals surface area contributed by atoms with Gasteiger partial charge in [0.2, 0.25) is 0 Å². The van der Waals surface area contributed by atoms with Crippen molar-refractivity contribution < 1.29 is 9.90 Å². The second-order valence-corrected chi connectivity index (χ2v) is 4.60. The predicted molar refractivity (Wildman–Crippen MR) is 68.0 cm³/mol. The number of fused-ring (bicyclic) bond motifs is 1. The Balaban J connectivity index is 2.02. The highest BCUT2D eigenvalue weighted by atomic mass is 16.4. The standard InChI is InChI=1S/C14H17NO2/c1-10(8-14(16)17)6-7-11-9-15-13-5-3-2-4-12(11)13/h2-5,9-10,15H,6-8H2,1H3,(H,16,17). The lowest BCUT2D eigenvalue weighted by Crippen LogP contribution is -2.05. The highest BCUT2D eigenvalue weighted by Crippen LogP contribution is 2.21. The van der Waals surface area contributed by atoms with Crippen molar-refractivity contribution in [2.45, 2.75) is 26.2 Å². The lowest BCUT2D eigenvalue weighted by molar-refractivity contribution is -0.138. The number of nitrogens with one attached hydrogen (secondary N) is 1. The van der Waals surface area contributed by atoms with Crippen LogP contribution in [-0.2, 0) is 11.2 Å². The number of carboxylic acids is 1. The first-order valence-electron chi connectivity index (χ1n) is 5.93. The molecule has 1 unspecified atom stereocenters. The minimum absolute atomic E-state index is 0.223. The Kier molecular flexibility index (Phi) is 3.47. The van der Waals surface area contributed by atoms with Gasteiger partial charge >= 0.3 is 5.97 Å². The molecule has 0 aliphatic carbocycles. The van der Waals surface area contributed by atoms with Crippen molar-refractivity contribution in [1.29, 1.82) is 0 Å². The number of benzene rings is 1. The van der Waals surface area contributed by atoms with E-state index in [1.54, 1.807) is 0 Å². The molecule has 3 nitrogen and oxygen atoms in total. The lowest BCUT2D eigenvalue weighted by atomic mass is 9.98. The summed E-state index contributed by atoms with van der Waals surface area (Å²) in [5.41, 5.74) is 2.42. The van der Waals surface area contributed by atoms with Crippen molar-refractivity contribution in [3.05, 3.63) is 36.0 Å². The molecule has 2 aromatic rings. The van der Waals surface area contributed by atoms with Crippen LogP contribution in [0.15, 0.2) is 30.5 Å². The molecule has 90 valence electrons. The van der Waals surface area contributed by atoms with Crippen LogP contribution in [0.4, 0.5) is 0 Å². The average molecular weight is 231 g/mol. The second kappa shape index (κ2) is 5.04. The largest absolute Gasteiger partial charge is 0.481 e. The molecule has 0 aliphatic rings. The third kappa shape index (κ3) is 2.87. The quantitative estimate of drug-likeness (QED) is 0.830. The van der Waals surface area contributed by atoms with Crippen molar-refractivity contribution in [3.8, 4) is 0 Å². The van der Waals surface area contributed by atoms with Gasteiger partial charge < -0.3 is 10.1 Å². The van der Waals surface area contributed by atoms with Gasteiger partial charge in [0.05, 0.1) is 0 Å². The van der Waals surface area contributed by atoms with Crippen LogP contribution in [0.3, 0.4) is 0 Å². The van der Waals surface area contributed by atoms with Crippen molar-refractivity contribution in [1.82, 2.24) is 4.98 Å². The number of carbonyl (C=O) groups is 1. The molecule has 3 heteroatoms. The molecule has 2 N–H and O–H groups in total. The van der Waals surface area contributed by atoms with Gasteiger partial charge in [0, 0.05) is 23.5 Å². The van der Waals surface area contributed by atoms with Gasteiger partial charge in [-0.25, -0.2) is 0 Å². The van der Waals surface area contributed by atoms with Gasteiger partial charge in [-0.3, -0.25) is 4.79 Å². The molecular formula is C14H17NO2. The number of H-pyrrole nitrogens is 1. The molecule has 0 saturated carbocycles. The molecule has 0 amide bonds. The van der Waals surface area contributed by atoms with Crippen LogP contribution >= 0.6 is 0 Å². The summed E-state index contributed by atoms with van der Waals surface area (Å²) in [5.74, 6) is -0.488. The molecular weight excluding hydrogens is 214 g/mol. The Morgan fingerprint density at radius 1 is 1.41 bits per heavy atom. The summed E-state index contributed by atoms with van der Waals surface area (Å²) < 4.78 is 0. The van der Waals surface area contributed by atoms with E-state index in [4.69, 9.17) is 5.11 Å². The van der Waals surface area contributed by atoms with Crippen molar-refractivity contribution in [2.24, 2.45) is 5.92 Å². The van der Waals surface area contributed by atoms with Crippen molar-refractivity contribution in [2.75, 3.05) is 0 Å². The maximum atomic E-state index is 10.6. The number of aromatic nitrogens is 1. The van der Waals surface area contributed by atoms with Crippen LogP contribution in [0, 0.1) is 5.92 Å². The fraction of sp³-hybridized carbons (Fsp3) is 0.357. The molecule has 1 heterocycles. The van der Waals surface area contributed by atoms with E-state index in [1.165, 1.54) is 10.9 Å². The Morgan fingerprint density at radius 2 is 2.18 bits per heavy atom. The summed E-state index contributed by atoms with van der Waals surface area (Å²) in [6, 6.07) is 8.19. The molecule has 0 radical (unpaired) electrons. The number of rotatable bonds is 5. The normalized spacial score (nSPS) is 12.8. The molecule has 2 rings (SSSR count). The third-order valence-electron chi connectivity index (χ3n) is 3.10. The Morgan fingerprint density at radius 3 is 2.94 bits per heavy atom. The summed E-state index contributed by atoms with van der Waals surface area (Å²) in [5, 5.41) is 9.95. The SMILES string of the molecule is CC(CCc1c[nH]c2ccccc12)CC(=O)O. The molecule has 0 fully saturated rings. The summed E-state index contributed by atoms with van der Waals surface area (Å²) in [6.45, 7) is 1.99. The molecule has 17 heavy (non-hydrogen) atoms. The van der Waals surface area contributed by atoms with Crippen LogP contribution in [0.1, 0.15) is 25.3 Å². The summed E-state index contributed by atoms with van der Waals surface area (Å²) >= 11 is 0. The third-order valence-corrected chi connectivity index (χ3v) is 3.10. The van der Waals surface area contributed by atoms with Crippen LogP contribution in [-0.4, -0.2) is 16.1 Å². The molecule has 0 saturated heterocycles. The van der Waals surface area contributed by atoms with Crippen LogP contribution < -0.4 is 0 Å². The number of para-hydroxylation sites is 1. The van der Waals surface area contributed by atoms with E-state index in [0.29, 0.717) is 0 Å². The zero-order valence-corrected chi connectivity index (χ0v) is 9.94. The Bertz CT molecular complexity index is 516. The first kappa shape index (κ1) is 11.7. The van der Waals surface area contributed by atoms with E-state index in [1.807, 2.05) is 25.3 Å². The van der Waals surface area contributed by atoms with Crippen LogP contribution in [0.25, 0.3) is 10.9 Å². The molecule has 1 aromatic heterocycles. The van der Waals surface area contributed by atoms with Gasteiger partial charge in [-0.1, -0.05) is 25.1 Å². The smallest absolute Gasteiger partial charge is 0.303 e. The fourth-order valence-electron chi connectivity index (χ4n) is 2.14. The van der Waals surface area contributed by atoms with Gasteiger partial charge in [-0.2, -0.15) is 0 Å². The van der Waals surface area contributed by atoms with Gasteiger partial charge in [-0.05, 0) is 30.4 Å². The number of hydrogen-bond donors (Lipinski definition) is 2. The number of aromatic amines is 1. The zero-order valence-electron chi connectivity index (χ0n) is 9.94. The Hall–Kier alpha value is -1.77. The molecule has 1 atom stereocenters. The zero-order chi connectivity index (χ0) is 12.3. The minimum atomic E-state index is -0.712. The van der Waals surface area contributed by atoms with Gasteiger partial charge in [-0.15, -0.1) is 0 Å². The van der Waals surface area contributed by atoms with E-state index in [9.17, 15) is 4.79 Å². The predicted octanol–water partition coefficient (Wildman–Crippen LogP) is 3.21. The second-order valence-electron chi connectivity index (χ2n) is 4.60. The van der Waals surface area contributed by atoms with Gasteiger partial charge in [0.1, 0.15) is 0 Å². The highest BCUT2D eigenvalue weighted by molar-refractivity contribution is 5.83. The van der Waals surface area contributed by atoms with E-state index in [0.717, 1.165) is 18.4 Å². The maximum absolute atomic E-state index is 10.6. The van der Waals surface area contributed by atoms with Gasteiger partial charge in [0.25, 0.3) is 0 Å². The Labute approximate surface area is 100 Å². The summed E-state index contributed by atoms with van der Waals surface area (Å²) in [4.78, 5) is 13.8. The lowest BCUT2D eigenvalue weighted by Gasteiger charge is -2.07. The van der Waals surface area contributed by atoms with E-state index < -0.39 is 5.97 Å². The number of aryl methyl sites for hydroxylation is 1. The monoisotopic (exact) mass is 231 g/mol. The number of aliphatic carboxylic acids is 1. The van der Waals surface area contributed by atoms with Crippen molar-refractivity contribution >= 4 is 16.9 Å². The van der Waals surface area contributed by atoms with Crippen LogP contribution in [0.5, 0.6) is 0 Å². The summed E-state index contributed by atoms with van der Waals surface area (Å²) in [7, 11) is 0. The minimum Gasteiger partial charge on any atom is -0.481 e. The molecule has 0 spiro atoms. The number of carboxylic acid groups (broad SMARTS) is 1. The fourth-order valence-corrected chi connectivity index (χ4v) is 2.14. The van der Waals surface area contributed by atoms with Crippen LogP contribution in [0.2, 0.25) is 0 Å². The van der Waals surface area contributed by atoms with E-state index in [-0.39, 0.29) is 12.3 Å². The average Bonchev–Trinajstić information content (AvgIpc) is 2.69. The molecule has 0 aliphatic heterocycles. The van der Waals surface area contributed by atoms with E-state index >= 15 is 0 Å². The maximum Gasteiger partial charge on any atom is 0.303 e. The highest BCUT2D eigenvalue weighted by Gasteiger charge is 2.09. The molecule has 0 bridgehead atoms. The summed E-state index contributed by atoms with van der Waals surface area (Å²) in [6.07, 6.45) is 4.12. The van der Waals surface area contributed by atoms with E-state index in [2.05, 4.69) is 17.1 Å².